The lowest BCUT2D eigenvalue weighted by Gasteiger charge is -2.29. The van der Waals surface area contributed by atoms with E-state index >= 15 is 0 Å². The average molecular weight is 549 g/mol. The van der Waals surface area contributed by atoms with Gasteiger partial charge in [-0.05, 0) is 66.8 Å². The van der Waals surface area contributed by atoms with Crippen molar-refractivity contribution < 1.29 is 22.7 Å². The van der Waals surface area contributed by atoms with Crippen molar-refractivity contribution in [2.75, 3.05) is 16.7 Å². The second kappa shape index (κ2) is 12.7. The van der Waals surface area contributed by atoms with Crippen molar-refractivity contribution in [2.24, 2.45) is 5.92 Å². The molecule has 1 saturated carbocycles. The molecule has 0 unspecified atom stereocenters. The highest BCUT2D eigenvalue weighted by atomic mass is 32.2. The molecule has 2 aromatic heterocycles. The molecule has 0 aliphatic heterocycles. The summed E-state index contributed by atoms with van der Waals surface area (Å²) in [6, 6.07) is 9.97. The smallest absolute Gasteiger partial charge is 0.330 e. The number of hydrogen-bond donors (Lipinski definition) is 1. The summed E-state index contributed by atoms with van der Waals surface area (Å²) >= 11 is 0. The third kappa shape index (κ3) is 7.51. The molecule has 0 spiro atoms. The van der Waals surface area contributed by atoms with Crippen molar-refractivity contribution in [3.05, 3.63) is 84.0 Å². The van der Waals surface area contributed by atoms with Gasteiger partial charge in [0.1, 0.15) is 0 Å². The molecule has 9 nitrogen and oxygen atoms in total. The van der Waals surface area contributed by atoms with Crippen LogP contribution in [0.3, 0.4) is 0 Å². The van der Waals surface area contributed by atoms with Gasteiger partial charge in [0.25, 0.3) is 10.0 Å². The molecule has 1 amide bonds. The molecule has 0 saturated heterocycles. The van der Waals surface area contributed by atoms with Crippen LogP contribution in [0.1, 0.15) is 48.8 Å². The lowest BCUT2D eigenvalue weighted by Crippen LogP contribution is -2.36. The van der Waals surface area contributed by atoms with Crippen LogP contribution in [0.5, 0.6) is 0 Å². The molecule has 0 atom stereocenters. The summed E-state index contributed by atoms with van der Waals surface area (Å²) in [6.45, 7) is 2.08. The number of nitrogens with one attached hydrogen (secondary N) is 1. The number of rotatable bonds is 9. The molecule has 1 aliphatic carbocycles. The van der Waals surface area contributed by atoms with E-state index in [1.807, 2.05) is 6.92 Å². The highest BCUT2D eigenvalue weighted by molar-refractivity contribution is 7.92. The summed E-state index contributed by atoms with van der Waals surface area (Å²) < 4.78 is 33.0. The highest BCUT2D eigenvalue weighted by Gasteiger charge is 2.27. The maximum Gasteiger partial charge on any atom is 0.330 e. The number of anilines is 2. The Labute approximate surface area is 229 Å². The van der Waals surface area contributed by atoms with Crippen LogP contribution in [-0.2, 0) is 30.9 Å². The van der Waals surface area contributed by atoms with E-state index in [1.165, 1.54) is 31.5 Å². The number of hydrogen-bond acceptors (Lipinski definition) is 7. The van der Waals surface area contributed by atoms with Gasteiger partial charge in [0, 0.05) is 24.4 Å². The zero-order valence-corrected chi connectivity index (χ0v) is 22.9. The van der Waals surface area contributed by atoms with E-state index in [0.29, 0.717) is 16.9 Å². The minimum Gasteiger partial charge on any atom is -0.466 e. The van der Waals surface area contributed by atoms with Crippen molar-refractivity contribution in [1.82, 2.24) is 9.97 Å². The summed E-state index contributed by atoms with van der Waals surface area (Å²) in [6.07, 6.45) is 14.0. The number of nitrogens with zero attached hydrogens (tertiary/aromatic N) is 3. The first-order chi connectivity index (χ1) is 18.7. The largest absolute Gasteiger partial charge is 0.466 e. The Morgan fingerprint density at radius 1 is 1.03 bits per heavy atom. The van der Waals surface area contributed by atoms with Crippen LogP contribution in [0.25, 0.3) is 6.08 Å². The van der Waals surface area contributed by atoms with Gasteiger partial charge in [0.15, 0.2) is 0 Å². The normalized spacial score (nSPS) is 14.2. The Hall–Kier alpha value is -4.05. The number of carbonyl (C=O) groups excluding carboxylic acids is 2. The molecule has 0 radical (unpaired) electrons. The van der Waals surface area contributed by atoms with E-state index in [-0.39, 0.29) is 23.3 Å². The van der Waals surface area contributed by atoms with E-state index in [4.69, 9.17) is 0 Å². The highest BCUT2D eigenvalue weighted by Crippen LogP contribution is 2.29. The van der Waals surface area contributed by atoms with Gasteiger partial charge in [0.05, 0.1) is 42.3 Å². The van der Waals surface area contributed by atoms with E-state index in [2.05, 4.69) is 19.4 Å². The molecule has 39 heavy (non-hydrogen) atoms. The van der Waals surface area contributed by atoms with Gasteiger partial charge in [-0.25, -0.2) is 13.2 Å². The third-order valence-corrected chi connectivity index (χ3v) is 7.99. The lowest BCUT2D eigenvalue weighted by atomic mass is 9.88. The van der Waals surface area contributed by atoms with Gasteiger partial charge >= 0.3 is 5.97 Å². The molecule has 4 rings (SSSR count). The fourth-order valence-corrected chi connectivity index (χ4v) is 5.60. The number of esters is 1. The Balaban J connectivity index is 1.58. The number of carbonyl (C=O) groups is 2. The van der Waals surface area contributed by atoms with Crippen LogP contribution in [0.4, 0.5) is 11.4 Å². The molecule has 3 aromatic rings. The number of aryl methyl sites for hydroxylation is 1. The number of aromatic nitrogens is 2. The first-order valence-electron chi connectivity index (χ1n) is 12.8. The molecule has 10 heteroatoms. The molecule has 2 heterocycles. The van der Waals surface area contributed by atoms with Gasteiger partial charge in [-0.2, -0.15) is 0 Å². The van der Waals surface area contributed by atoms with Crippen LogP contribution in [0, 0.1) is 12.8 Å². The summed E-state index contributed by atoms with van der Waals surface area (Å²) in [5.41, 5.74) is 3.25. The quantitative estimate of drug-likeness (QED) is 0.299. The Kier molecular flexibility index (Phi) is 9.08. The number of pyridine rings is 2. The Morgan fingerprint density at radius 2 is 1.74 bits per heavy atom. The average Bonchev–Trinajstić information content (AvgIpc) is 2.95. The van der Waals surface area contributed by atoms with E-state index < -0.39 is 16.0 Å². The molecule has 1 fully saturated rings. The van der Waals surface area contributed by atoms with Gasteiger partial charge in [-0.15, -0.1) is 0 Å². The maximum absolute atomic E-state index is 13.7. The maximum atomic E-state index is 13.7. The van der Waals surface area contributed by atoms with Crippen molar-refractivity contribution >= 4 is 39.4 Å². The minimum atomic E-state index is -3.81. The van der Waals surface area contributed by atoms with E-state index in [9.17, 15) is 18.0 Å². The van der Waals surface area contributed by atoms with Crippen molar-refractivity contribution in [3.63, 3.8) is 0 Å². The molecule has 204 valence electrons. The second-order valence-corrected chi connectivity index (χ2v) is 11.3. The van der Waals surface area contributed by atoms with Gasteiger partial charge < -0.3 is 9.64 Å². The second-order valence-electron chi connectivity index (χ2n) is 9.59. The zero-order chi connectivity index (χ0) is 27.8. The van der Waals surface area contributed by atoms with Gasteiger partial charge in [-0.3, -0.25) is 19.5 Å². The van der Waals surface area contributed by atoms with Crippen LogP contribution in [0.2, 0.25) is 0 Å². The summed E-state index contributed by atoms with van der Waals surface area (Å²) in [5.74, 6) is -0.561. The number of amides is 1. The summed E-state index contributed by atoms with van der Waals surface area (Å²) in [5, 5.41) is 0. The van der Waals surface area contributed by atoms with Crippen molar-refractivity contribution in [3.8, 4) is 0 Å². The Morgan fingerprint density at radius 3 is 2.44 bits per heavy atom. The summed E-state index contributed by atoms with van der Waals surface area (Å²) in [4.78, 5) is 35.3. The van der Waals surface area contributed by atoms with Crippen LogP contribution in [0.15, 0.2) is 72.2 Å². The Bertz CT molecular complexity index is 1450. The third-order valence-electron chi connectivity index (χ3n) is 6.59. The number of methoxy groups -OCH3 is 1. The van der Waals surface area contributed by atoms with E-state index in [0.717, 1.165) is 43.2 Å². The fraction of sp³-hybridized carbons (Fsp3) is 0.310. The molecular formula is C29H32N4O5S. The van der Waals surface area contributed by atoms with Gasteiger partial charge in [0.2, 0.25) is 5.91 Å². The SMILES string of the molecule is COC(=O)/C=C/c1cncc(N(Cc2ccc(S(=O)(=O)Nc3cncc(C)c3)cc2)C(=O)C2CCCCC2)c1. The predicted molar refractivity (Wildman–Crippen MR) is 149 cm³/mol. The molecule has 1 aromatic carbocycles. The minimum absolute atomic E-state index is 0.0101. The van der Waals surface area contributed by atoms with Gasteiger partial charge in [-0.1, -0.05) is 31.4 Å². The van der Waals surface area contributed by atoms with Crippen LogP contribution in [-0.4, -0.2) is 37.4 Å². The first-order valence-corrected chi connectivity index (χ1v) is 14.3. The van der Waals surface area contributed by atoms with Crippen LogP contribution < -0.4 is 9.62 Å². The van der Waals surface area contributed by atoms with Crippen molar-refractivity contribution in [2.45, 2.75) is 50.5 Å². The van der Waals surface area contributed by atoms with Crippen LogP contribution >= 0.6 is 0 Å². The zero-order valence-electron chi connectivity index (χ0n) is 22.0. The molecule has 1 aliphatic rings. The lowest BCUT2D eigenvalue weighted by molar-refractivity contribution is -0.134. The summed E-state index contributed by atoms with van der Waals surface area (Å²) in [7, 11) is -2.50. The number of sulfonamides is 1. The molecule has 0 bridgehead atoms. The monoisotopic (exact) mass is 548 g/mol. The first kappa shape index (κ1) is 28.0. The number of benzene rings is 1. The molecular weight excluding hydrogens is 516 g/mol. The van der Waals surface area contributed by atoms with E-state index in [1.54, 1.807) is 53.8 Å². The topological polar surface area (TPSA) is 119 Å². The van der Waals surface area contributed by atoms with Crippen molar-refractivity contribution in [1.29, 1.82) is 0 Å². The standard InChI is InChI=1S/C29H32N4O5S/c1-21-14-25(18-30-16-21)32-39(36,37)27-11-8-22(9-12-27)20-33(29(35)24-6-4-3-5-7-24)26-15-23(17-31-19-26)10-13-28(34)38-2/h8-19,24,32H,3-7,20H2,1-2H3/b13-10+. The predicted octanol–water partition coefficient (Wildman–Crippen LogP) is 4.89. The fourth-order valence-electron chi connectivity index (χ4n) is 4.56. The molecule has 1 N–H and O–H groups in total. The number of ether oxygens (including phenoxy) is 1.